The third-order valence-corrected chi connectivity index (χ3v) is 6.01. The fraction of sp³-hybridized carbons (Fsp3) is 0.261. The molecule has 4 aromatic rings. The van der Waals surface area contributed by atoms with Crippen LogP contribution in [0.25, 0.3) is 21.3 Å². The van der Waals surface area contributed by atoms with E-state index in [4.69, 9.17) is 4.74 Å². The number of rotatable bonds is 7. The van der Waals surface area contributed by atoms with E-state index >= 15 is 0 Å². The van der Waals surface area contributed by atoms with Gasteiger partial charge in [0.25, 0.3) is 5.56 Å². The molecule has 3 aromatic heterocycles. The van der Waals surface area contributed by atoms with Crippen molar-refractivity contribution >= 4 is 21.6 Å². The molecule has 4 rings (SSSR count). The van der Waals surface area contributed by atoms with Crippen molar-refractivity contribution < 1.29 is 4.74 Å². The van der Waals surface area contributed by atoms with Crippen molar-refractivity contribution in [3.05, 3.63) is 84.2 Å². The molecule has 31 heavy (non-hydrogen) atoms. The normalized spacial score (nSPS) is 11.2. The largest absolute Gasteiger partial charge is 0.488 e. The highest BCUT2D eigenvalue weighted by Crippen LogP contribution is 2.30. The van der Waals surface area contributed by atoms with Gasteiger partial charge in [0.1, 0.15) is 4.83 Å². The van der Waals surface area contributed by atoms with Gasteiger partial charge in [-0.25, -0.2) is 4.79 Å². The summed E-state index contributed by atoms with van der Waals surface area (Å²) in [6, 6.07) is 9.41. The first-order valence-corrected chi connectivity index (χ1v) is 11.1. The van der Waals surface area contributed by atoms with Gasteiger partial charge in [-0.2, -0.15) is 0 Å². The number of aromatic amines is 2. The van der Waals surface area contributed by atoms with Crippen molar-refractivity contribution in [2.24, 2.45) is 0 Å². The molecule has 1 aromatic carbocycles. The highest BCUT2D eigenvalue weighted by molar-refractivity contribution is 7.17. The van der Waals surface area contributed by atoms with Crippen LogP contribution in [0.3, 0.4) is 0 Å². The lowest BCUT2D eigenvalue weighted by atomic mass is 10.0. The van der Waals surface area contributed by atoms with E-state index in [1.54, 1.807) is 0 Å². The predicted molar refractivity (Wildman–Crippen MR) is 123 cm³/mol. The first-order chi connectivity index (χ1) is 15.0. The fourth-order valence-corrected chi connectivity index (χ4v) is 4.37. The Labute approximate surface area is 182 Å². The van der Waals surface area contributed by atoms with E-state index in [-0.39, 0.29) is 23.3 Å². The molecule has 8 heteroatoms. The van der Waals surface area contributed by atoms with Crippen LogP contribution in [-0.4, -0.2) is 21.1 Å². The Morgan fingerprint density at radius 1 is 1.10 bits per heavy atom. The first kappa shape index (κ1) is 20.9. The zero-order chi connectivity index (χ0) is 22.0. The number of aryl methyl sites for hydroxylation is 1. The van der Waals surface area contributed by atoms with Gasteiger partial charge in [0.2, 0.25) is 5.43 Å². The van der Waals surface area contributed by atoms with E-state index in [1.165, 1.54) is 29.2 Å². The molecule has 0 aliphatic rings. The Hall–Kier alpha value is -3.39. The molecule has 3 heterocycles. The van der Waals surface area contributed by atoms with Gasteiger partial charge >= 0.3 is 5.69 Å². The Balaban J connectivity index is 1.75. The number of benzene rings is 1. The molecule has 0 spiro atoms. The van der Waals surface area contributed by atoms with E-state index in [2.05, 4.69) is 16.9 Å². The second-order valence-corrected chi connectivity index (χ2v) is 8.14. The number of H-pyrrole nitrogens is 2. The summed E-state index contributed by atoms with van der Waals surface area (Å²) in [5.41, 5.74) is 2.18. The van der Waals surface area contributed by atoms with Gasteiger partial charge in [0.15, 0.2) is 5.75 Å². The second kappa shape index (κ2) is 8.77. The number of pyridine rings is 1. The van der Waals surface area contributed by atoms with Crippen LogP contribution in [0.2, 0.25) is 0 Å². The molecule has 0 aliphatic carbocycles. The number of aromatic nitrogens is 3. The maximum absolute atomic E-state index is 13.3. The molecule has 2 N–H and O–H groups in total. The Morgan fingerprint density at radius 2 is 1.87 bits per heavy atom. The zero-order valence-corrected chi connectivity index (χ0v) is 18.2. The number of thiophene rings is 1. The van der Waals surface area contributed by atoms with E-state index < -0.39 is 5.69 Å². The third-order valence-electron chi connectivity index (χ3n) is 5.12. The van der Waals surface area contributed by atoms with Crippen LogP contribution in [0.15, 0.2) is 56.3 Å². The van der Waals surface area contributed by atoms with Crippen molar-refractivity contribution in [3.8, 4) is 16.9 Å². The van der Waals surface area contributed by atoms with E-state index in [0.717, 1.165) is 28.5 Å². The van der Waals surface area contributed by atoms with Gasteiger partial charge in [0.05, 0.1) is 18.5 Å². The molecule has 0 atom stereocenters. The van der Waals surface area contributed by atoms with Crippen LogP contribution in [0, 0.1) is 0 Å². The summed E-state index contributed by atoms with van der Waals surface area (Å²) in [6.07, 6.45) is 3.19. The Kier molecular flexibility index (Phi) is 5.90. The molecule has 0 amide bonds. The number of nitrogens with one attached hydrogen (secondary N) is 2. The predicted octanol–water partition coefficient (Wildman–Crippen LogP) is 3.51. The highest BCUT2D eigenvalue weighted by atomic mass is 32.1. The summed E-state index contributed by atoms with van der Waals surface area (Å²) in [5, 5.41) is 2.36. The number of fused-ring (bicyclic) bond motifs is 1. The minimum atomic E-state index is -0.514. The zero-order valence-electron chi connectivity index (χ0n) is 17.4. The minimum Gasteiger partial charge on any atom is -0.488 e. The average Bonchev–Trinajstić information content (AvgIpc) is 3.20. The topological polar surface area (TPSA) is 96.9 Å². The lowest BCUT2D eigenvalue weighted by molar-refractivity contribution is 0.313. The minimum absolute atomic E-state index is 0.0442. The van der Waals surface area contributed by atoms with Gasteiger partial charge in [0, 0.05) is 28.9 Å². The third kappa shape index (κ3) is 4.11. The molecular weight excluding hydrogens is 414 g/mol. The molecule has 0 aliphatic heterocycles. The van der Waals surface area contributed by atoms with Crippen molar-refractivity contribution in [2.45, 2.75) is 33.2 Å². The first-order valence-electron chi connectivity index (χ1n) is 10.2. The highest BCUT2D eigenvalue weighted by Gasteiger charge is 2.16. The summed E-state index contributed by atoms with van der Waals surface area (Å²) in [6.45, 7) is 4.44. The summed E-state index contributed by atoms with van der Waals surface area (Å²) in [4.78, 5) is 44.4. The molecule has 0 saturated heterocycles. The molecule has 0 radical (unpaired) electrons. The number of hydrogen-bond acceptors (Lipinski definition) is 5. The molecule has 160 valence electrons. The van der Waals surface area contributed by atoms with E-state index in [0.29, 0.717) is 22.5 Å². The monoisotopic (exact) mass is 437 g/mol. The Bertz CT molecular complexity index is 1390. The fourth-order valence-electron chi connectivity index (χ4n) is 3.42. The summed E-state index contributed by atoms with van der Waals surface area (Å²) < 4.78 is 6.50. The van der Waals surface area contributed by atoms with Crippen LogP contribution >= 0.6 is 11.3 Å². The average molecular weight is 438 g/mol. The molecule has 7 nitrogen and oxygen atoms in total. The second-order valence-electron chi connectivity index (χ2n) is 7.26. The van der Waals surface area contributed by atoms with Crippen LogP contribution in [-0.2, 0) is 13.0 Å². The summed E-state index contributed by atoms with van der Waals surface area (Å²) in [7, 11) is 0. The maximum Gasteiger partial charge on any atom is 0.329 e. The maximum atomic E-state index is 13.3. The van der Waals surface area contributed by atoms with Crippen LogP contribution in [0.4, 0.5) is 0 Å². The van der Waals surface area contributed by atoms with Crippen LogP contribution in [0.1, 0.15) is 31.5 Å². The van der Waals surface area contributed by atoms with Crippen LogP contribution < -0.4 is 21.4 Å². The lowest BCUT2D eigenvalue weighted by Crippen LogP contribution is -2.35. The van der Waals surface area contributed by atoms with E-state index in [1.807, 2.05) is 36.6 Å². The molecule has 0 unspecified atom stereocenters. The van der Waals surface area contributed by atoms with Crippen molar-refractivity contribution in [3.63, 3.8) is 0 Å². The quantitative estimate of drug-likeness (QED) is 0.462. The van der Waals surface area contributed by atoms with Crippen molar-refractivity contribution in [1.29, 1.82) is 0 Å². The molecule has 0 fully saturated rings. The number of ether oxygens (including phenoxy) is 1. The molecule has 0 bridgehead atoms. The van der Waals surface area contributed by atoms with E-state index in [9.17, 15) is 14.4 Å². The Morgan fingerprint density at radius 3 is 2.55 bits per heavy atom. The summed E-state index contributed by atoms with van der Waals surface area (Å²) >= 11 is 1.33. The standard InChI is InChI=1S/C23H23N3O4S/c1-3-9-30-19-11-24-16(10-18(19)27)12-26-22(28)20-17(13-31-21(20)25-23(26)29)15-7-5-14(4-2)6-8-15/h5-8,10-11,13H,3-4,9,12H2,1-2H3,(H,24,27)(H,25,29). The van der Waals surface area contributed by atoms with Gasteiger partial charge in [-0.05, 0) is 24.0 Å². The van der Waals surface area contributed by atoms with Crippen molar-refractivity contribution in [1.82, 2.24) is 14.5 Å². The van der Waals surface area contributed by atoms with Crippen LogP contribution in [0.5, 0.6) is 5.75 Å². The van der Waals surface area contributed by atoms with Crippen molar-refractivity contribution in [2.75, 3.05) is 6.61 Å². The SMILES string of the molecule is CCCOc1c[nH]c(Cn2c(=O)[nH]c3scc(-c4ccc(CC)cc4)c3c2=O)cc1=O. The van der Waals surface area contributed by atoms with Gasteiger partial charge < -0.3 is 9.72 Å². The smallest absolute Gasteiger partial charge is 0.329 e. The van der Waals surface area contributed by atoms with Gasteiger partial charge in [-0.1, -0.05) is 38.1 Å². The summed E-state index contributed by atoms with van der Waals surface area (Å²) in [5.74, 6) is 0.220. The number of nitrogens with zero attached hydrogens (tertiary/aromatic N) is 1. The molecule has 0 saturated carbocycles. The van der Waals surface area contributed by atoms with Gasteiger partial charge in [-0.3, -0.25) is 19.1 Å². The van der Waals surface area contributed by atoms with Gasteiger partial charge in [-0.15, -0.1) is 11.3 Å². The molecular formula is C23H23N3O4S. The number of hydrogen-bond donors (Lipinski definition) is 2. The lowest BCUT2D eigenvalue weighted by Gasteiger charge is -2.08.